The quantitative estimate of drug-likeness (QED) is 0.0980. The molecular weight excluding hydrogens is 708 g/mol. The van der Waals surface area contributed by atoms with Gasteiger partial charge in [-0.25, -0.2) is 13.6 Å². The maximum Gasteiger partial charge on any atom is 0.408 e. The van der Waals surface area contributed by atoms with Crippen LogP contribution in [0.25, 0.3) is 11.1 Å². The van der Waals surface area contributed by atoms with Crippen molar-refractivity contribution in [2.75, 3.05) is 26.2 Å². The smallest absolute Gasteiger partial charge is 0.408 e. The molecule has 4 rings (SSSR count). The lowest BCUT2D eigenvalue weighted by molar-refractivity contribution is -0.139. The number of alkyl carbamates (subject to hydrolysis) is 1. The Morgan fingerprint density at radius 1 is 0.891 bits per heavy atom. The third kappa shape index (κ3) is 12.2. The number of nitrogens with one attached hydrogen (secondary N) is 3. The van der Waals surface area contributed by atoms with Crippen molar-refractivity contribution in [3.63, 3.8) is 0 Å². The molecule has 4 aromatic rings. The molecule has 2 atom stereocenters. The number of ether oxygens (including phenoxy) is 1. The van der Waals surface area contributed by atoms with Crippen molar-refractivity contribution < 1.29 is 37.8 Å². The zero-order valence-electron chi connectivity index (χ0n) is 32.0. The van der Waals surface area contributed by atoms with Gasteiger partial charge >= 0.3 is 6.09 Å². The summed E-state index contributed by atoms with van der Waals surface area (Å²) < 4.78 is 36.5. The second-order valence-electron chi connectivity index (χ2n) is 14.8. The van der Waals surface area contributed by atoms with Gasteiger partial charge in [0.05, 0.1) is 12.6 Å². The molecule has 0 aliphatic carbocycles. The summed E-state index contributed by atoms with van der Waals surface area (Å²) in [5.74, 6) is -3.05. The van der Waals surface area contributed by atoms with E-state index in [0.717, 1.165) is 29.3 Å². The third-order valence-electron chi connectivity index (χ3n) is 8.99. The molecule has 1 unspecified atom stereocenters. The summed E-state index contributed by atoms with van der Waals surface area (Å²) in [6.07, 6.45) is 1.27. The number of halogens is 2. The van der Waals surface area contributed by atoms with Crippen molar-refractivity contribution in [3.05, 3.63) is 120 Å². The van der Waals surface area contributed by atoms with Gasteiger partial charge in [0.2, 0.25) is 17.7 Å². The Morgan fingerprint density at radius 2 is 1.55 bits per heavy atom. The maximum absolute atomic E-state index is 15.0. The molecule has 3 aromatic carbocycles. The number of carbonyl (C=O) groups is 4. The first-order valence-electron chi connectivity index (χ1n) is 18.3. The molecule has 1 aromatic heterocycles. The normalized spacial score (nSPS) is 12.5. The first-order chi connectivity index (χ1) is 26.2. The molecule has 0 saturated carbocycles. The summed E-state index contributed by atoms with van der Waals surface area (Å²) >= 11 is 0. The standard InChI is InChI=1S/C42H51F2N5O6/c1-28(2)38(47-41(54)55-27-30-15-10-7-11-16-30)40(53)46-23-36(51)45-19-12-20-49(37(52)26-50)39(42(3,4)5)35-21-31(33-22-32(43)17-18-34(33)44)25-48(35)24-29-13-8-6-9-14-29/h6-11,13-18,21-22,25,28,38-39,50H,12,19-20,23-24,26-27H2,1-5H3,(H,45,51)(H,46,53)(H,47,54)/t38?,39-/m0/s1. The SMILES string of the molecule is CC(C)C(NC(=O)OCc1ccccc1)C(=O)NCC(=O)NCCCN(C(=O)CO)[C@@H](c1cc(-c2cc(F)ccc2F)cn1Cc1ccccc1)C(C)(C)C. The van der Waals surface area contributed by atoms with E-state index in [0.29, 0.717) is 24.2 Å². The highest BCUT2D eigenvalue weighted by Gasteiger charge is 2.37. The average molecular weight is 760 g/mol. The molecule has 0 aliphatic rings. The van der Waals surface area contributed by atoms with E-state index >= 15 is 4.39 Å². The Balaban J connectivity index is 1.43. The summed E-state index contributed by atoms with van der Waals surface area (Å²) in [5.41, 5.74) is 2.31. The van der Waals surface area contributed by atoms with E-state index in [4.69, 9.17) is 4.74 Å². The van der Waals surface area contributed by atoms with Gasteiger partial charge < -0.3 is 35.3 Å². The monoisotopic (exact) mass is 759 g/mol. The molecule has 55 heavy (non-hydrogen) atoms. The number of aliphatic hydroxyl groups is 1. The van der Waals surface area contributed by atoms with Gasteiger partial charge in [0.15, 0.2) is 0 Å². The van der Waals surface area contributed by atoms with E-state index in [1.165, 1.54) is 0 Å². The van der Waals surface area contributed by atoms with E-state index in [-0.39, 0.29) is 37.7 Å². The van der Waals surface area contributed by atoms with Gasteiger partial charge in [-0.15, -0.1) is 0 Å². The molecule has 4 amide bonds. The van der Waals surface area contributed by atoms with Crippen molar-refractivity contribution in [1.29, 1.82) is 0 Å². The van der Waals surface area contributed by atoms with Gasteiger partial charge in [0.1, 0.15) is 30.9 Å². The van der Waals surface area contributed by atoms with Gasteiger partial charge in [0, 0.05) is 42.7 Å². The predicted molar refractivity (Wildman–Crippen MR) is 205 cm³/mol. The van der Waals surface area contributed by atoms with Crippen molar-refractivity contribution in [2.45, 2.75) is 66.3 Å². The highest BCUT2D eigenvalue weighted by atomic mass is 19.1. The predicted octanol–water partition coefficient (Wildman–Crippen LogP) is 5.96. The minimum atomic E-state index is -0.942. The molecule has 11 nitrogen and oxygen atoms in total. The lowest BCUT2D eigenvalue weighted by atomic mass is 9.83. The van der Waals surface area contributed by atoms with Crippen LogP contribution >= 0.6 is 0 Å². The summed E-state index contributed by atoms with van der Waals surface area (Å²) in [4.78, 5) is 53.1. The van der Waals surface area contributed by atoms with Crippen molar-refractivity contribution >= 4 is 23.8 Å². The number of nitrogens with zero attached hydrogens (tertiary/aromatic N) is 2. The number of amides is 4. The van der Waals surface area contributed by atoms with Gasteiger partial charge in [-0.3, -0.25) is 14.4 Å². The largest absolute Gasteiger partial charge is 0.445 e. The van der Waals surface area contributed by atoms with Crippen LogP contribution < -0.4 is 16.0 Å². The maximum atomic E-state index is 15.0. The summed E-state index contributed by atoms with van der Waals surface area (Å²) in [6, 6.07) is 22.1. The number of carbonyl (C=O) groups excluding carboxylic acids is 4. The highest BCUT2D eigenvalue weighted by molar-refractivity contribution is 5.89. The van der Waals surface area contributed by atoms with E-state index in [1.54, 1.807) is 31.0 Å². The van der Waals surface area contributed by atoms with Crippen LogP contribution in [0.15, 0.2) is 91.1 Å². The van der Waals surface area contributed by atoms with E-state index < -0.39 is 59.6 Å². The number of rotatable bonds is 17. The fourth-order valence-corrected chi connectivity index (χ4v) is 6.34. The van der Waals surface area contributed by atoms with E-state index in [2.05, 4.69) is 16.0 Å². The molecular formula is C42H51F2N5O6. The summed E-state index contributed by atoms with van der Waals surface area (Å²) in [5, 5.41) is 17.9. The fourth-order valence-electron chi connectivity index (χ4n) is 6.34. The van der Waals surface area contributed by atoms with Crippen LogP contribution in [-0.4, -0.2) is 70.7 Å². The van der Waals surface area contributed by atoms with E-state index in [1.807, 2.05) is 86.0 Å². The molecule has 0 spiro atoms. The van der Waals surface area contributed by atoms with Crippen LogP contribution in [0.4, 0.5) is 13.6 Å². The lowest BCUT2D eigenvalue weighted by Gasteiger charge is -2.41. The molecule has 4 N–H and O–H groups in total. The number of aromatic nitrogens is 1. The molecule has 294 valence electrons. The number of hydrogen-bond donors (Lipinski definition) is 4. The highest BCUT2D eigenvalue weighted by Crippen LogP contribution is 2.41. The average Bonchev–Trinajstić information content (AvgIpc) is 3.55. The Kier molecular flexibility index (Phi) is 15.1. The number of aliphatic hydroxyl groups excluding tert-OH is 1. The van der Waals surface area contributed by atoms with Crippen LogP contribution in [0, 0.1) is 23.0 Å². The second kappa shape index (κ2) is 19.7. The van der Waals surface area contributed by atoms with Crippen LogP contribution in [0.2, 0.25) is 0 Å². The number of benzene rings is 3. The molecule has 1 heterocycles. The summed E-state index contributed by atoms with van der Waals surface area (Å²) in [7, 11) is 0. The zero-order valence-corrected chi connectivity index (χ0v) is 32.0. The van der Waals surface area contributed by atoms with Gasteiger partial charge in [-0.05, 0) is 53.1 Å². The Bertz CT molecular complexity index is 1900. The minimum absolute atomic E-state index is 0.0374. The van der Waals surface area contributed by atoms with Crippen molar-refractivity contribution in [1.82, 2.24) is 25.4 Å². The third-order valence-corrected chi connectivity index (χ3v) is 8.99. The lowest BCUT2D eigenvalue weighted by Crippen LogP contribution is -2.51. The first-order valence-corrected chi connectivity index (χ1v) is 18.3. The minimum Gasteiger partial charge on any atom is -0.445 e. The Labute approximate surface area is 321 Å². The van der Waals surface area contributed by atoms with Crippen LogP contribution in [0.5, 0.6) is 0 Å². The zero-order chi connectivity index (χ0) is 40.1. The van der Waals surface area contributed by atoms with E-state index in [9.17, 15) is 28.7 Å². The first kappa shape index (κ1) is 42.2. The van der Waals surface area contributed by atoms with Crippen LogP contribution in [0.1, 0.15) is 63.9 Å². The molecule has 0 fully saturated rings. The van der Waals surface area contributed by atoms with Crippen molar-refractivity contribution in [3.8, 4) is 11.1 Å². The topological polar surface area (TPSA) is 142 Å². The van der Waals surface area contributed by atoms with Crippen LogP contribution in [0.3, 0.4) is 0 Å². The second-order valence-corrected chi connectivity index (χ2v) is 14.8. The van der Waals surface area contributed by atoms with Gasteiger partial charge in [0.25, 0.3) is 0 Å². The summed E-state index contributed by atoms with van der Waals surface area (Å²) in [6.45, 7) is 8.94. The van der Waals surface area contributed by atoms with Crippen molar-refractivity contribution in [2.24, 2.45) is 11.3 Å². The van der Waals surface area contributed by atoms with Gasteiger partial charge in [-0.1, -0.05) is 95.3 Å². The number of hydrogen-bond acceptors (Lipinski definition) is 6. The molecule has 0 aliphatic heterocycles. The molecule has 0 bridgehead atoms. The molecule has 0 radical (unpaired) electrons. The van der Waals surface area contributed by atoms with Crippen LogP contribution in [-0.2, 0) is 32.3 Å². The molecule has 13 heteroatoms. The van der Waals surface area contributed by atoms with Gasteiger partial charge in [-0.2, -0.15) is 0 Å². The molecule has 0 saturated heterocycles. The Hall–Kier alpha value is -5.56. The Morgan fingerprint density at radius 3 is 2.16 bits per heavy atom. The fraction of sp³-hybridized carbons (Fsp3) is 0.381.